The zero-order valence-electron chi connectivity index (χ0n) is 10.9. The Balaban J connectivity index is 2.13. The van der Waals surface area contributed by atoms with E-state index in [1.165, 1.54) is 18.2 Å². The maximum Gasteiger partial charge on any atom is 0.138 e. The van der Waals surface area contributed by atoms with Gasteiger partial charge in [-0.1, -0.05) is 23.7 Å². The second-order valence-electron chi connectivity index (χ2n) is 4.42. The van der Waals surface area contributed by atoms with Gasteiger partial charge < -0.3 is 10.5 Å². The molecular formula is C15H14ClFN2O. The van der Waals surface area contributed by atoms with Crippen molar-refractivity contribution >= 4 is 17.4 Å². The smallest absolute Gasteiger partial charge is 0.138 e. The Bertz CT molecular complexity index is 658. The van der Waals surface area contributed by atoms with Gasteiger partial charge in [-0.2, -0.15) is 0 Å². The van der Waals surface area contributed by atoms with E-state index in [-0.39, 0.29) is 10.9 Å². The number of hydrogen-bond donors (Lipinski definition) is 2. The van der Waals surface area contributed by atoms with Gasteiger partial charge in [0.15, 0.2) is 0 Å². The molecule has 2 rings (SSSR count). The number of benzene rings is 2. The lowest BCUT2D eigenvalue weighted by Crippen LogP contribution is -2.11. The Hall–Kier alpha value is -2.07. The molecular weight excluding hydrogens is 279 g/mol. The highest BCUT2D eigenvalue weighted by Gasteiger charge is 2.06. The summed E-state index contributed by atoms with van der Waals surface area (Å²) in [6.07, 6.45) is 0. The number of hydrogen-bond acceptors (Lipinski definition) is 2. The summed E-state index contributed by atoms with van der Waals surface area (Å²) < 4.78 is 18.5. The quantitative estimate of drug-likeness (QED) is 0.667. The molecule has 0 fully saturated rings. The maximum atomic E-state index is 12.9. The first-order valence-electron chi connectivity index (χ1n) is 5.99. The lowest BCUT2D eigenvalue weighted by atomic mass is 10.1. The SMILES string of the molecule is Cc1cc(C(=N)N)ccc1COc1ccc(F)cc1Cl. The molecule has 0 saturated carbocycles. The van der Waals surface area contributed by atoms with E-state index in [0.29, 0.717) is 17.9 Å². The van der Waals surface area contributed by atoms with Crippen molar-refractivity contribution in [3.05, 3.63) is 63.9 Å². The average molecular weight is 293 g/mol. The van der Waals surface area contributed by atoms with Crippen LogP contribution in [-0.2, 0) is 6.61 Å². The standard InChI is InChI=1S/C15H14ClFN2O/c1-9-6-10(15(18)19)2-3-11(9)8-20-14-5-4-12(17)7-13(14)16/h2-7H,8H2,1H3,(H3,18,19). The van der Waals surface area contributed by atoms with Crippen LogP contribution in [0.4, 0.5) is 4.39 Å². The number of nitrogens with one attached hydrogen (secondary N) is 1. The number of halogens is 2. The Labute approximate surface area is 121 Å². The maximum absolute atomic E-state index is 12.9. The van der Waals surface area contributed by atoms with E-state index in [1.54, 1.807) is 6.07 Å². The minimum absolute atomic E-state index is 0.0298. The summed E-state index contributed by atoms with van der Waals surface area (Å²) in [7, 11) is 0. The fraction of sp³-hybridized carbons (Fsp3) is 0.133. The summed E-state index contributed by atoms with van der Waals surface area (Å²) in [5.41, 5.74) is 8.03. The van der Waals surface area contributed by atoms with Crippen LogP contribution >= 0.6 is 11.6 Å². The third-order valence-electron chi connectivity index (χ3n) is 2.93. The largest absolute Gasteiger partial charge is 0.487 e. The molecule has 3 N–H and O–H groups in total. The van der Waals surface area contributed by atoms with Crippen molar-refractivity contribution in [2.45, 2.75) is 13.5 Å². The van der Waals surface area contributed by atoms with Crippen molar-refractivity contribution < 1.29 is 9.13 Å². The molecule has 0 aliphatic heterocycles. The molecule has 0 amide bonds. The molecule has 0 heterocycles. The highest BCUT2D eigenvalue weighted by atomic mass is 35.5. The monoisotopic (exact) mass is 292 g/mol. The lowest BCUT2D eigenvalue weighted by molar-refractivity contribution is 0.305. The predicted molar refractivity (Wildman–Crippen MR) is 77.9 cm³/mol. The molecule has 0 spiro atoms. The topological polar surface area (TPSA) is 59.1 Å². The van der Waals surface area contributed by atoms with Gasteiger partial charge in [-0.15, -0.1) is 0 Å². The fourth-order valence-electron chi connectivity index (χ4n) is 1.77. The van der Waals surface area contributed by atoms with E-state index in [2.05, 4.69) is 0 Å². The first-order valence-corrected chi connectivity index (χ1v) is 6.37. The van der Waals surface area contributed by atoms with Crippen LogP contribution in [0.2, 0.25) is 5.02 Å². The zero-order valence-corrected chi connectivity index (χ0v) is 11.7. The van der Waals surface area contributed by atoms with Gasteiger partial charge in [-0.3, -0.25) is 5.41 Å². The summed E-state index contributed by atoms with van der Waals surface area (Å²) in [4.78, 5) is 0. The van der Waals surface area contributed by atoms with Crippen LogP contribution in [0, 0.1) is 18.2 Å². The number of nitrogens with two attached hydrogens (primary N) is 1. The van der Waals surface area contributed by atoms with Gasteiger partial charge in [0.2, 0.25) is 0 Å². The van der Waals surface area contributed by atoms with Crippen molar-refractivity contribution in [3.8, 4) is 5.75 Å². The van der Waals surface area contributed by atoms with Gasteiger partial charge in [0.1, 0.15) is 24.0 Å². The number of aryl methyl sites for hydroxylation is 1. The molecule has 2 aromatic rings. The minimum Gasteiger partial charge on any atom is -0.487 e. The molecule has 0 unspecified atom stereocenters. The molecule has 0 saturated heterocycles. The Morgan fingerprint density at radius 2 is 2.05 bits per heavy atom. The predicted octanol–water partition coefficient (Wildman–Crippen LogP) is 3.65. The van der Waals surface area contributed by atoms with E-state index in [4.69, 9.17) is 27.5 Å². The van der Waals surface area contributed by atoms with Crippen molar-refractivity contribution in [1.29, 1.82) is 5.41 Å². The first kappa shape index (κ1) is 14.3. The summed E-state index contributed by atoms with van der Waals surface area (Å²) >= 11 is 5.89. The highest BCUT2D eigenvalue weighted by molar-refractivity contribution is 6.32. The normalized spacial score (nSPS) is 10.3. The van der Waals surface area contributed by atoms with Crippen LogP contribution in [0.3, 0.4) is 0 Å². The van der Waals surface area contributed by atoms with Crippen LogP contribution in [0.25, 0.3) is 0 Å². The van der Waals surface area contributed by atoms with Gasteiger partial charge in [0.05, 0.1) is 5.02 Å². The Morgan fingerprint density at radius 1 is 1.30 bits per heavy atom. The lowest BCUT2D eigenvalue weighted by Gasteiger charge is -2.11. The van der Waals surface area contributed by atoms with Crippen LogP contribution in [0.15, 0.2) is 36.4 Å². The second-order valence-corrected chi connectivity index (χ2v) is 4.83. The molecule has 20 heavy (non-hydrogen) atoms. The van der Waals surface area contributed by atoms with E-state index in [1.807, 2.05) is 19.1 Å². The molecule has 0 aliphatic carbocycles. The van der Waals surface area contributed by atoms with Crippen molar-refractivity contribution in [3.63, 3.8) is 0 Å². The van der Waals surface area contributed by atoms with Crippen LogP contribution in [-0.4, -0.2) is 5.84 Å². The van der Waals surface area contributed by atoms with Gasteiger partial charge in [0, 0.05) is 5.56 Å². The third kappa shape index (κ3) is 3.27. The van der Waals surface area contributed by atoms with Crippen molar-refractivity contribution in [2.24, 2.45) is 5.73 Å². The number of ether oxygens (including phenoxy) is 1. The van der Waals surface area contributed by atoms with E-state index < -0.39 is 5.82 Å². The molecule has 0 aliphatic rings. The van der Waals surface area contributed by atoms with E-state index in [9.17, 15) is 4.39 Å². The summed E-state index contributed by atoms with van der Waals surface area (Å²) in [5.74, 6) is 0.0644. The van der Waals surface area contributed by atoms with Crippen molar-refractivity contribution in [2.75, 3.05) is 0 Å². The molecule has 0 aromatic heterocycles. The number of amidine groups is 1. The molecule has 104 valence electrons. The summed E-state index contributed by atoms with van der Waals surface area (Å²) in [6.45, 7) is 2.23. The molecule has 0 atom stereocenters. The molecule has 5 heteroatoms. The van der Waals surface area contributed by atoms with Gasteiger partial charge in [0.25, 0.3) is 0 Å². The van der Waals surface area contributed by atoms with Crippen LogP contribution in [0.5, 0.6) is 5.75 Å². The van der Waals surface area contributed by atoms with Crippen LogP contribution < -0.4 is 10.5 Å². The van der Waals surface area contributed by atoms with Crippen molar-refractivity contribution in [1.82, 2.24) is 0 Å². The summed E-state index contributed by atoms with van der Waals surface area (Å²) in [6, 6.07) is 9.45. The highest BCUT2D eigenvalue weighted by Crippen LogP contribution is 2.26. The Kier molecular flexibility index (Phi) is 4.25. The molecule has 0 bridgehead atoms. The fourth-order valence-corrected chi connectivity index (χ4v) is 1.99. The Morgan fingerprint density at radius 3 is 2.65 bits per heavy atom. The van der Waals surface area contributed by atoms with Gasteiger partial charge in [-0.25, -0.2) is 4.39 Å². The second kappa shape index (κ2) is 5.92. The minimum atomic E-state index is -0.399. The molecule has 3 nitrogen and oxygen atoms in total. The van der Waals surface area contributed by atoms with Gasteiger partial charge in [-0.05, 0) is 42.3 Å². The average Bonchev–Trinajstić information content (AvgIpc) is 2.38. The number of nitrogen functional groups attached to an aromatic ring is 1. The summed E-state index contributed by atoms with van der Waals surface area (Å²) in [5, 5.41) is 7.62. The number of rotatable bonds is 4. The van der Waals surface area contributed by atoms with E-state index >= 15 is 0 Å². The first-order chi connectivity index (χ1) is 9.47. The molecule has 2 aromatic carbocycles. The molecule has 0 radical (unpaired) electrons. The van der Waals surface area contributed by atoms with Gasteiger partial charge >= 0.3 is 0 Å². The van der Waals surface area contributed by atoms with E-state index in [0.717, 1.165) is 11.1 Å². The third-order valence-corrected chi connectivity index (χ3v) is 3.23. The van der Waals surface area contributed by atoms with Crippen LogP contribution in [0.1, 0.15) is 16.7 Å². The zero-order chi connectivity index (χ0) is 14.7.